The van der Waals surface area contributed by atoms with Gasteiger partial charge in [0.2, 0.25) is 5.09 Å². The normalized spacial score (nSPS) is 19.6. The van der Waals surface area contributed by atoms with Gasteiger partial charge in [-0.15, -0.1) is 0 Å². The van der Waals surface area contributed by atoms with E-state index in [0.717, 1.165) is 9.21 Å². The third-order valence-corrected chi connectivity index (χ3v) is 6.31. The van der Waals surface area contributed by atoms with E-state index in [9.17, 15) is 26.8 Å². The van der Waals surface area contributed by atoms with E-state index in [1.165, 1.54) is 57.4 Å². The van der Waals surface area contributed by atoms with Crippen LogP contribution in [0.25, 0.3) is 0 Å². The summed E-state index contributed by atoms with van der Waals surface area (Å²) in [5.41, 5.74) is -1.08. The summed E-state index contributed by atoms with van der Waals surface area (Å²) < 4.78 is 59.4. The number of furan rings is 1. The molecule has 1 saturated heterocycles. The molecule has 0 saturated carbocycles. The Balaban J connectivity index is 1.80. The number of ether oxygens (including phenoxy) is 1. The first kappa shape index (κ1) is 21.7. The van der Waals surface area contributed by atoms with Gasteiger partial charge in [0.25, 0.3) is 15.9 Å². The van der Waals surface area contributed by atoms with Crippen molar-refractivity contribution in [3.63, 3.8) is 0 Å². The molecule has 1 atom stereocenters. The number of carbonyl (C=O) groups excluding carboxylic acids is 2. The van der Waals surface area contributed by atoms with Gasteiger partial charge >= 0.3 is 12.6 Å². The monoisotopic (exact) mass is 443 g/mol. The molecule has 1 aliphatic heterocycles. The highest BCUT2D eigenvalue weighted by molar-refractivity contribution is 7.88. The lowest BCUT2D eigenvalue weighted by Crippen LogP contribution is -2.40. The van der Waals surface area contributed by atoms with E-state index >= 15 is 0 Å². The van der Waals surface area contributed by atoms with Crippen LogP contribution in [0.4, 0.5) is 13.6 Å². The van der Waals surface area contributed by atoms with Crippen LogP contribution in [0.2, 0.25) is 0 Å². The number of nitrogens with zero attached hydrogens (tertiary/aromatic N) is 2. The van der Waals surface area contributed by atoms with Crippen LogP contribution in [0.15, 0.2) is 45.9 Å². The maximum Gasteiger partial charge on any atom is 0.387 e. The molecule has 1 N–H and O–H groups in total. The smallest absolute Gasteiger partial charge is 0.387 e. The maximum absolute atomic E-state index is 12.9. The van der Waals surface area contributed by atoms with Crippen molar-refractivity contribution in [3.8, 4) is 5.75 Å². The lowest BCUT2D eigenvalue weighted by molar-refractivity contribution is -0.131. The number of rotatable bonds is 7. The largest absolute Gasteiger partial charge is 0.446 e. The minimum atomic E-state index is -3.80. The van der Waals surface area contributed by atoms with Crippen LogP contribution >= 0.6 is 0 Å². The number of alkyl halides is 2. The number of carbonyl (C=O) groups is 2. The van der Waals surface area contributed by atoms with Gasteiger partial charge in [-0.3, -0.25) is 9.69 Å². The molecule has 12 heteroatoms. The number of hydrogen-bond acceptors (Lipinski definition) is 6. The van der Waals surface area contributed by atoms with Gasteiger partial charge in [0.1, 0.15) is 17.0 Å². The molecule has 30 heavy (non-hydrogen) atoms. The fourth-order valence-corrected chi connectivity index (χ4v) is 3.74. The zero-order valence-electron chi connectivity index (χ0n) is 16.3. The first-order chi connectivity index (χ1) is 13.9. The van der Waals surface area contributed by atoms with Crippen molar-refractivity contribution in [1.82, 2.24) is 14.5 Å². The lowest BCUT2D eigenvalue weighted by atomic mass is 9.92. The van der Waals surface area contributed by atoms with E-state index in [1.807, 2.05) is 0 Å². The Morgan fingerprint density at radius 1 is 1.17 bits per heavy atom. The van der Waals surface area contributed by atoms with Crippen LogP contribution in [0.5, 0.6) is 5.75 Å². The molecule has 0 radical (unpaired) electrons. The van der Waals surface area contributed by atoms with Gasteiger partial charge in [-0.25, -0.2) is 17.5 Å². The third kappa shape index (κ3) is 3.87. The molecule has 2 heterocycles. The fourth-order valence-electron chi connectivity index (χ4n) is 2.92. The number of urea groups is 1. The zero-order chi connectivity index (χ0) is 22.3. The molecule has 3 amide bonds. The summed E-state index contributed by atoms with van der Waals surface area (Å²) in [4.78, 5) is 26.2. The topological polar surface area (TPSA) is 109 Å². The summed E-state index contributed by atoms with van der Waals surface area (Å²) >= 11 is 0. The molecule has 0 aliphatic carbocycles. The third-order valence-electron chi connectivity index (χ3n) is 4.62. The molecule has 2 aromatic rings. The molecular weight excluding hydrogens is 424 g/mol. The number of sulfonamides is 1. The van der Waals surface area contributed by atoms with Crippen LogP contribution < -0.4 is 10.1 Å². The Morgan fingerprint density at radius 2 is 1.80 bits per heavy atom. The summed E-state index contributed by atoms with van der Waals surface area (Å²) in [5, 5.41) is 2.25. The summed E-state index contributed by atoms with van der Waals surface area (Å²) in [7, 11) is -1.11. The number of benzene rings is 1. The number of nitrogens with one attached hydrogen (secondary N) is 1. The Bertz CT molecular complexity index is 1070. The van der Waals surface area contributed by atoms with Crippen molar-refractivity contribution in [2.75, 3.05) is 14.1 Å². The molecule has 0 unspecified atom stereocenters. The van der Waals surface area contributed by atoms with Crippen molar-refractivity contribution in [2.45, 2.75) is 30.7 Å². The second-order valence-electron chi connectivity index (χ2n) is 6.86. The molecule has 0 spiro atoms. The van der Waals surface area contributed by atoms with Crippen molar-refractivity contribution in [3.05, 3.63) is 47.7 Å². The molecule has 1 fully saturated rings. The van der Waals surface area contributed by atoms with Crippen LogP contribution in [-0.2, 0) is 26.9 Å². The van der Waals surface area contributed by atoms with Crippen molar-refractivity contribution < 1.29 is 35.9 Å². The van der Waals surface area contributed by atoms with E-state index in [1.54, 1.807) is 0 Å². The molecule has 1 aliphatic rings. The fraction of sp³-hybridized carbons (Fsp3) is 0.333. The summed E-state index contributed by atoms with van der Waals surface area (Å²) in [6.45, 7) is -1.79. The average Bonchev–Trinajstić information content (AvgIpc) is 3.22. The Kier molecular flexibility index (Phi) is 5.56. The van der Waals surface area contributed by atoms with Crippen LogP contribution in [0, 0.1) is 0 Å². The van der Waals surface area contributed by atoms with Crippen molar-refractivity contribution in [2.24, 2.45) is 0 Å². The second-order valence-corrected chi connectivity index (χ2v) is 8.94. The number of imide groups is 1. The molecule has 162 valence electrons. The first-order valence-corrected chi connectivity index (χ1v) is 10.1. The predicted octanol–water partition coefficient (Wildman–Crippen LogP) is 2.10. The summed E-state index contributed by atoms with van der Waals surface area (Å²) in [6.07, 6.45) is 0. The second kappa shape index (κ2) is 7.69. The van der Waals surface area contributed by atoms with Gasteiger partial charge in [-0.1, -0.05) is 12.1 Å². The highest BCUT2D eigenvalue weighted by atomic mass is 32.2. The van der Waals surface area contributed by atoms with Crippen molar-refractivity contribution >= 4 is 22.0 Å². The van der Waals surface area contributed by atoms with E-state index < -0.39 is 34.1 Å². The molecule has 1 aromatic carbocycles. The Morgan fingerprint density at radius 3 is 2.37 bits per heavy atom. The Labute approximate surface area is 171 Å². The number of halogens is 2. The highest BCUT2D eigenvalue weighted by Crippen LogP contribution is 2.31. The minimum absolute atomic E-state index is 0.0869. The molecule has 1 aromatic heterocycles. The average molecular weight is 443 g/mol. The van der Waals surface area contributed by atoms with Crippen LogP contribution in [-0.4, -0.2) is 50.3 Å². The molecular formula is C18H19F2N3O6S. The van der Waals surface area contributed by atoms with Crippen LogP contribution in [0.3, 0.4) is 0 Å². The van der Waals surface area contributed by atoms with Gasteiger partial charge in [0, 0.05) is 14.1 Å². The van der Waals surface area contributed by atoms with E-state index in [0.29, 0.717) is 5.56 Å². The maximum atomic E-state index is 12.9. The summed E-state index contributed by atoms with van der Waals surface area (Å²) in [6, 6.07) is 7.22. The predicted molar refractivity (Wildman–Crippen MR) is 99.1 cm³/mol. The van der Waals surface area contributed by atoms with E-state index in [2.05, 4.69) is 10.1 Å². The summed E-state index contributed by atoms with van der Waals surface area (Å²) in [5.74, 6) is -0.594. The SMILES string of the molecule is CN(C)S(=O)(=O)c1ccc(CN2C(=O)N[C@](C)(c3ccc(OC(F)F)cc3)C2=O)o1. The number of amides is 3. The van der Waals surface area contributed by atoms with Gasteiger partial charge in [-0.2, -0.15) is 8.78 Å². The first-order valence-electron chi connectivity index (χ1n) is 8.66. The van der Waals surface area contributed by atoms with Crippen molar-refractivity contribution in [1.29, 1.82) is 0 Å². The van der Waals surface area contributed by atoms with Crippen LogP contribution in [0.1, 0.15) is 18.2 Å². The lowest BCUT2D eigenvalue weighted by Gasteiger charge is -2.22. The minimum Gasteiger partial charge on any atom is -0.446 e. The quantitative estimate of drug-likeness (QED) is 0.657. The molecule has 3 rings (SSSR count). The van der Waals surface area contributed by atoms with Gasteiger partial charge in [-0.05, 0) is 36.8 Å². The standard InChI is InChI=1S/C18H19F2N3O6S/c1-18(11-4-6-12(7-5-11)29-16(19)20)15(24)23(17(25)21-18)10-13-8-9-14(28-13)30(26,27)22(2)3/h4-9,16H,10H2,1-3H3,(H,21,25)/t18-/m1/s1. The van der Waals surface area contributed by atoms with Gasteiger partial charge in [0.05, 0.1) is 6.54 Å². The molecule has 0 bridgehead atoms. The van der Waals surface area contributed by atoms with E-state index in [-0.39, 0.29) is 23.1 Å². The Hall–Kier alpha value is -2.99. The van der Waals surface area contributed by atoms with Gasteiger partial charge < -0.3 is 14.5 Å². The van der Waals surface area contributed by atoms with Gasteiger partial charge in [0.15, 0.2) is 0 Å². The molecule has 9 nitrogen and oxygen atoms in total. The number of hydrogen-bond donors (Lipinski definition) is 1. The van der Waals surface area contributed by atoms with E-state index in [4.69, 9.17) is 4.42 Å². The zero-order valence-corrected chi connectivity index (χ0v) is 17.1. The highest BCUT2D eigenvalue weighted by Gasteiger charge is 2.49.